The van der Waals surface area contributed by atoms with Gasteiger partial charge in [-0.3, -0.25) is 24.5 Å². The SMILES string of the molecule is O=C(CSc1nnc(-c2ccncc2)n1C[C@@H]1CCCO1)Nc1ccc([N+](=O)[O-])cc1. The molecule has 10 nitrogen and oxygen atoms in total. The van der Waals surface area contributed by atoms with E-state index in [0.29, 0.717) is 23.2 Å². The highest BCUT2D eigenvalue weighted by Crippen LogP contribution is 2.26. The first-order valence-corrected chi connectivity index (χ1v) is 10.7. The molecule has 1 aromatic carbocycles. The van der Waals surface area contributed by atoms with Gasteiger partial charge < -0.3 is 10.1 Å². The molecule has 1 atom stereocenters. The highest BCUT2D eigenvalue weighted by molar-refractivity contribution is 7.99. The van der Waals surface area contributed by atoms with Crippen molar-refractivity contribution in [3.63, 3.8) is 0 Å². The van der Waals surface area contributed by atoms with Crippen LogP contribution in [0, 0.1) is 10.1 Å². The lowest BCUT2D eigenvalue weighted by Gasteiger charge is -2.14. The summed E-state index contributed by atoms with van der Waals surface area (Å²) >= 11 is 1.28. The molecule has 3 heterocycles. The van der Waals surface area contributed by atoms with Crippen LogP contribution in [-0.4, -0.2) is 49.0 Å². The van der Waals surface area contributed by atoms with E-state index in [1.165, 1.54) is 36.0 Å². The van der Waals surface area contributed by atoms with Crippen molar-refractivity contribution in [1.82, 2.24) is 19.7 Å². The van der Waals surface area contributed by atoms with Gasteiger partial charge in [-0.05, 0) is 37.1 Å². The number of nitrogens with one attached hydrogen (secondary N) is 1. The molecule has 0 saturated carbocycles. The number of thioether (sulfide) groups is 1. The van der Waals surface area contributed by atoms with Crippen LogP contribution in [0.1, 0.15) is 12.8 Å². The maximum Gasteiger partial charge on any atom is 0.269 e. The Bertz CT molecular complexity index is 1050. The molecule has 4 rings (SSSR count). The van der Waals surface area contributed by atoms with Gasteiger partial charge in [0.1, 0.15) is 0 Å². The van der Waals surface area contributed by atoms with Gasteiger partial charge in [0.25, 0.3) is 5.69 Å². The van der Waals surface area contributed by atoms with E-state index in [1.807, 2.05) is 16.7 Å². The van der Waals surface area contributed by atoms with Crippen molar-refractivity contribution >= 4 is 29.0 Å². The van der Waals surface area contributed by atoms with Crippen molar-refractivity contribution in [2.75, 3.05) is 17.7 Å². The molecule has 1 aliphatic rings. The van der Waals surface area contributed by atoms with Crippen LogP contribution in [0.5, 0.6) is 0 Å². The number of carbonyl (C=O) groups excluding carboxylic acids is 1. The second kappa shape index (κ2) is 9.67. The van der Waals surface area contributed by atoms with Crippen LogP contribution >= 0.6 is 11.8 Å². The zero-order valence-corrected chi connectivity index (χ0v) is 17.3. The molecular formula is C20H20N6O4S. The lowest BCUT2D eigenvalue weighted by molar-refractivity contribution is -0.384. The number of hydrogen-bond acceptors (Lipinski definition) is 8. The van der Waals surface area contributed by atoms with Crippen molar-refractivity contribution < 1.29 is 14.5 Å². The maximum absolute atomic E-state index is 12.4. The second-order valence-corrected chi connectivity index (χ2v) is 7.87. The monoisotopic (exact) mass is 440 g/mol. The number of amides is 1. The smallest absolute Gasteiger partial charge is 0.269 e. The number of nitro benzene ring substituents is 1. The molecule has 1 saturated heterocycles. The number of benzene rings is 1. The van der Waals surface area contributed by atoms with E-state index in [0.717, 1.165) is 25.0 Å². The summed E-state index contributed by atoms with van der Waals surface area (Å²) in [4.78, 5) is 26.7. The third kappa shape index (κ3) is 5.25. The number of pyridine rings is 1. The fraction of sp³-hybridized carbons (Fsp3) is 0.300. The Labute approximate surface area is 182 Å². The number of non-ortho nitro benzene ring substituents is 1. The lowest BCUT2D eigenvalue weighted by Crippen LogP contribution is -2.18. The minimum absolute atomic E-state index is 0.0294. The molecule has 1 aliphatic heterocycles. The van der Waals surface area contributed by atoms with E-state index in [1.54, 1.807) is 12.4 Å². The number of nitro groups is 1. The molecule has 0 spiro atoms. The Hall–Kier alpha value is -3.31. The highest BCUT2D eigenvalue weighted by Gasteiger charge is 2.22. The Morgan fingerprint density at radius 2 is 2.00 bits per heavy atom. The average Bonchev–Trinajstić information content (AvgIpc) is 3.44. The van der Waals surface area contributed by atoms with Crippen LogP contribution in [0.3, 0.4) is 0 Å². The predicted molar refractivity (Wildman–Crippen MR) is 115 cm³/mol. The quantitative estimate of drug-likeness (QED) is 0.322. The second-order valence-electron chi connectivity index (χ2n) is 6.93. The first-order valence-electron chi connectivity index (χ1n) is 9.72. The number of rotatable bonds is 8. The number of anilines is 1. The third-order valence-electron chi connectivity index (χ3n) is 4.76. The summed E-state index contributed by atoms with van der Waals surface area (Å²) in [5.74, 6) is 0.587. The van der Waals surface area contributed by atoms with Gasteiger partial charge in [-0.25, -0.2) is 0 Å². The number of nitrogens with zero attached hydrogens (tertiary/aromatic N) is 5. The van der Waals surface area contributed by atoms with Gasteiger partial charge in [-0.1, -0.05) is 11.8 Å². The molecule has 1 fully saturated rings. The van der Waals surface area contributed by atoms with E-state index in [-0.39, 0.29) is 23.5 Å². The minimum atomic E-state index is -0.483. The summed E-state index contributed by atoms with van der Waals surface area (Å²) in [7, 11) is 0. The first kappa shape index (κ1) is 20.9. The van der Waals surface area contributed by atoms with Crippen molar-refractivity contribution in [3.8, 4) is 11.4 Å². The Morgan fingerprint density at radius 1 is 1.23 bits per heavy atom. The number of carbonyl (C=O) groups is 1. The normalized spacial score (nSPS) is 15.7. The Kier molecular flexibility index (Phi) is 6.53. The van der Waals surface area contributed by atoms with Gasteiger partial charge in [-0.2, -0.15) is 0 Å². The third-order valence-corrected chi connectivity index (χ3v) is 5.73. The van der Waals surface area contributed by atoms with Crippen LogP contribution in [0.2, 0.25) is 0 Å². The molecule has 1 N–H and O–H groups in total. The molecule has 31 heavy (non-hydrogen) atoms. The lowest BCUT2D eigenvalue weighted by atomic mass is 10.2. The van der Waals surface area contributed by atoms with Crippen molar-refractivity contribution in [3.05, 3.63) is 58.9 Å². The van der Waals surface area contributed by atoms with Crippen LogP contribution < -0.4 is 5.32 Å². The Balaban J connectivity index is 1.45. The van der Waals surface area contributed by atoms with Crippen LogP contribution in [-0.2, 0) is 16.1 Å². The maximum atomic E-state index is 12.4. The van der Waals surface area contributed by atoms with Gasteiger partial charge in [0.2, 0.25) is 5.91 Å². The van der Waals surface area contributed by atoms with E-state index in [9.17, 15) is 14.9 Å². The van der Waals surface area contributed by atoms with Crippen LogP contribution in [0.25, 0.3) is 11.4 Å². The summed E-state index contributed by atoms with van der Waals surface area (Å²) in [6, 6.07) is 9.44. The van der Waals surface area contributed by atoms with Gasteiger partial charge >= 0.3 is 0 Å². The molecule has 0 radical (unpaired) electrons. The topological polar surface area (TPSA) is 125 Å². The predicted octanol–water partition coefficient (Wildman–Crippen LogP) is 3.16. The molecule has 0 unspecified atom stereocenters. The Morgan fingerprint density at radius 3 is 2.68 bits per heavy atom. The van der Waals surface area contributed by atoms with E-state index in [2.05, 4.69) is 20.5 Å². The number of ether oxygens (including phenoxy) is 1. The molecule has 1 amide bonds. The largest absolute Gasteiger partial charge is 0.376 e. The highest BCUT2D eigenvalue weighted by atomic mass is 32.2. The zero-order chi connectivity index (χ0) is 21.6. The van der Waals surface area contributed by atoms with Gasteiger partial charge in [0, 0.05) is 42.4 Å². The number of aromatic nitrogens is 4. The molecule has 3 aromatic rings. The van der Waals surface area contributed by atoms with Gasteiger partial charge in [0.15, 0.2) is 11.0 Å². The summed E-state index contributed by atoms with van der Waals surface area (Å²) in [5.41, 5.74) is 1.36. The molecule has 11 heteroatoms. The van der Waals surface area contributed by atoms with E-state index < -0.39 is 4.92 Å². The molecule has 0 bridgehead atoms. The molecule has 0 aliphatic carbocycles. The van der Waals surface area contributed by atoms with E-state index in [4.69, 9.17) is 4.74 Å². The minimum Gasteiger partial charge on any atom is -0.376 e. The summed E-state index contributed by atoms with van der Waals surface area (Å²) in [6.45, 7) is 1.36. The van der Waals surface area contributed by atoms with Crippen molar-refractivity contribution in [2.24, 2.45) is 0 Å². The van der Waals surface area contributed by atoms with Gasteiger partial charge in [-0.15, -0.1) is 10.2 Å². The molecule has 2 aromatic heterocycles. The summed E-state index contributed by atoms with van der Waals surface area (Å²) in [5, 5.41) is 22.7. The zero-order valence-electron chi connectivity index (χ0n) is 16.5. The van der Waals surface area contributed by atoms with Crippen molar-refractivity contribution in [2.45, 2.75) is 30.6 Å². The average molecular weight is 440 g/mol. The molecular weight excluding hydrogens is 420 g/mol. The fourth-order valence-electron chi connectivity index (χ4n) is 3.26. The van der Waals surface area contributed by atoms with E-state index >= 15 is 0 Å². The first-order chi connectivity index (χ1) is 15.1. The van der Waals surface area contributed by atoms with Crippen LogP contribution in [0.15, 0.2) is 53.9 Å². The number of hydrogen-bond donors (Lipinski definition) is 1. The van der Waals surface area contributed by atoms with Crippen LogP contribution in [0.4, 0.5) is 11.4 Å². The molecule has 160 valence electrons. The van der Waals surface area contributed by atoms with Crippen molar-refractivity contribution in [1.29, 1.82) is 0 Å². The van der Waals surface area contributed by atoms with Gasteiger partial charge in [0.05, 0.1) is 23.3 Å². The standard InChI is InChI=1S/C20H20N6O4S/c27-18(22-15-3-5-16(6-4-15)26(28)29)13-31-20-24-23-19(14-7-9-21-10-8-14)25(20)12-17-2-1-11-30-17/h3-10,17H,1-2,11-13H2,(H,22,27)/t17-/m0/s1. The summed E-state index contributed by atoms with van der Waals surface area (Å²) in [6.07, 6.45) is 5.48. The fourth-order valence-corrected chi connectivity index (χ4v) is 4.01. The summed E-state index contributed by atoms with van der Waals surface area (Å²) < 4.78 is 7.76.